The number of nitrogens with one attached hydrogen (secondary N) is 2. The minimum absolute atomic E-state index is 0.0889. The molecule has 1 amide bonds. The third-order valence-electron chi connectivity index (χ3n) is 18.5. The number of fused-ring (bicyclic) bond motifs is 6. The molecule has 13 heteroatoms. The number of nitrogens with zero attached hydrogens (tertiary/aromatic N) is 3. The van der Waals surface area contributed by atoms with Gasteiger partial charge in [0, 0.05) is 84.5 Å². The number of aromatic amines is 1. The molecule has 2 bridgehead atoms. The first-order valence-corrected chi connectivity index (χ1v) is 26.3. The van der Waals surface area contributed by atoms with Crippen LogP contribution in [0.5, 0.6) is 5.75 Å². The van der Waals surface area contributed by atoms with Gasteiger partial charge in [-0.15, -0.1) is 0 Å². The van der Waals surface area contributed by atoms with E-state index in [0.29, 0.717) is 69.5 Å². The number of anilines is 1. The first-order chi connectivity index (χ1) is 32.9. The van der Waals surface area contributed by atoms with Crippen LogP contribution in [0.1, 0.15) is 128 Å². The predicted molar refractivity (Wildman–Crippen MR) is 268 cm³/mol. The van der Waals surface area contributed by atoms with Gasteiger partial charge in [-0.05, 0) is 121 Å². The van der Waals surface area contributed by atoms with Gasteiger partial charge in [0.2, 0.25) is 0 Å². The molecule has 376 valence electrons. The zero-order valence-electron chi connectivity index (χ0n) is 42.7. The maximum absolute atomic E-state index is 15.6. The van der Waals surface area contributed by atoms with Crippen molar-refractivity contribution < 1.29 is 39.1 Å². The van der Waals surface area contributed by atoms with Gasteiger partial charge in [-0.25, -0.2) is 0 Å². The summed E-state index contributed by atoms with van der Waals surface area (Å²) >= 11 is 0. The highest BCUT2D eigenvalue weighted by Crippen LogP contribution is 2.65. The number of hydrogen-bond donors (Lipinski definition) is 5. The standard InChI is InChI=1S/C56H79N5O8/c1-10-35-21-25-61-26-23-54-39-27-40(55(51(64)68-9)30-34-29-53(65,11-2)32-60(31-34)24-22-38-37-19-15-16-20-41(37)58-46(38)55)43(67-8)28-42(39)59(7)49(54)56(66,48(62)44(35)47(54)61)50(63)57-33(3)45(69-52(4,5)6)36-17-13-12-14-18-36/h15-16,19-21,27-28,33-34,36,44-45,47-49,58,62,65-66H,10-14,17-18,22-26,29-32H2,1-9H3,(H,57,63)/t33-,34?,44?,45-,47?,48-,49?,53+,54?,55-,56-/m1/s1. The fourth-order valence-electron chi connectivity index (χ4n) is 15.7. The highest BCUT2D eigenvalue weighted by molar-refractivity contribution is 5.95. The van der Waals surface area contributed by atoms with Gasteiger partial charge in [0.05, 0.1) is 43.6 Å². The van der Waals surface area contributed by atoms with Crippen molar-refractivity contribution in [3.63, 3.8) is 0 Å². The number of aromatic nitrogens is 1. The lowest BCUT2D eigenvalue weighted by Crippen LogP contribution is -2.79. The van der Waals surface area contributed by atoms with Gasteiger partial charge < -0.3 is 44.7 Å². The molecular weight excluding hydrogens is 871 g/mol. The molecule has 0 radical (unpaired) electrons. The third kappa shape index (κ3) is 7.43. The Bertz CT molecular complexity index is 2490. The highest BCUT2D eigenvalue weighted by Gasteiger charge is 2.76. The van der Waals surface area contributed by atoms with Gasteiger partial charge in [-0.2, -0.15) is 0 Å². The number of benzene rings is 2. The van der Waals surface area contributed by atoms with E-state index < -0.39 is 63.6 Å². The fourth-order valence-corrected chi connectivity index (χ4v) is 15.7. The van der Waals surface area contributed by atoms with Crippen LogP contribution >= 0.6 is 0 Å². The van der Waals surface area contributed by atoms with Gasteiger partial charge in [0.1, 0.15) is 17.3 Å². The average molecular weight is 950 g/mol. The normalized spacial score (nSPS) is 35.4. The first-order valence-electron chi connectivity index (χ1n) is 26.3. The summed E-state index contributed by atoms with van der Waals surface area (Å²) in [6.45, 7) is 15.7. The Balaban J connectivity index is 1.18. The predicted octanol–water partition coefficient (Wildman–Crippen LogP) is 6.52. The Morgan fingerprint density at radius 2 is 1.77 bits per heavy atom. The quantitative estimate of drug-likeness (QED) is 0.111. The molecule has 7 aliphatic rings. The van der Waals surface area contributed by atoms with Gasteiger partial charge >= 0.3 is 5.97 Å². The molecule has 2 aromatic carbocycles. The SMILES string of the molecule is CCC1=CCN2CCC34c5cc([C@]6(C(=O)OC)CC7CN(CCc8c6[nH]c6ccccc86)C[C@](O)(CC)C7)c(OC)cc5N(C)C3[C@@](O)(C(=O)N[C@H](C)[C@@H](OC(C)(C)C)C3CCCCC3)[C@H](O)C1C24. The summed E-state index contributed by atoms with van der Waals surface area (Å²) < 4.78 is 19.3. The molecule has 6 heterocycles. The largest absolute Gasteiger partial charge is 0.496 e. The van der Waals surface area contributed by atoms with Gasteiger partial charge in [0.25, 0.3) is 5.91 Å². The number of aliphatic hydroxyl groups excluding tert-OH is 1. The number of likely N-dealkylation sites (N-methyl/N-ethyl adjacent to an activating group) is 1. The Hall–Kier alpha value is -3.98. The molecule has 10 rings (SSSR count). The minimum atomic E-state index is -2.27. The lowest BCUT2D eigenvalue weighted by Gasteiger charge is -2.59. The van der Waals surface area contributed by atoms with Crippen LogP contribution in [-0.4, -0.2) is 143 Å². The number of rotatable bonds is 10. The molecule has 13 nitrogen and oxygen atoms in total. The van der Waals surface area contributed by atoms with Crippen LogP contribution in [-0.2, 0) is 36.3 Å². The van der Waals surface area contributed by atoms with E-state index in [1.165, 1.54) is 13.5 Å². The summed E-state index contributed by atoms with van der Waals surface area (Å²) in [4.78, 5) is 41.8. The van der Waals surface area contributed by atoms with E-state index in [1.807, 2.05) is 44.0 Å². The van der Waals surface area contributed by atoms with E-state index in [9.17, 15) is 15.3 Å². The van der Waals surface area contributed by atoms with Crippen molar-refractivity contribution >= 4 is 28.5 Å². The molecule has 2 saturated heterocycles. The Kier molecular flexibility index (Phi) is 12.4. The highest BCUT2D eigenvalue weighted by atomic mass is 16.5. The van der Waals surface area contributed by atoms with Crippen molar-refractivity contribution in [2.45, 2.75) is 170 Å². The topological polar surface area (TPSA) is 160 Å². The molecule has 2 saturated carbocycles. The van der Waals surface area contributed by atoms with Crippen molar-refractivity contribution in [1.82, 2.24) is 20.1 Å². The molecule has 5 N–H and O–H groups in total. The minimum Gasteiger partial charge on any atom is -0.496 e. The first kappa shape index (κ1) is 48.6. The van der Waals surface area contributed by atoms with Crippen molar-refractivity contribution in [3.8, 4) is 5.75 Å². The van der Waals surface area contributed by atoms with Gasteiger partial charge in [0.15, 0.2) is 5.60 Å². The second-order valence-corrected chi connectivity index (χ2v) is 23.4. The van der Waals surface area contributed by atoms with Crippen LogP contribution in [0.3, 0.4) is 0 Å². The van der Waals surface area contributed by atoms with Crippen LogP contribution in [0, 0.1) is 17.8 Å². The number of amides is 1. The average Bonchev–Trinajstić information content (AvgIpc) is 4.00. The molecule has 69 heavy (non-hydrogen) atoms. The van der Waals surface area contributed by atoms with E-state index in [2.05, 4.69) is 72.1 Å². The number of piperidine rings is 1. The molecule has 3 aromatic rings. The number of carbonyl (C=O) groups excluding carboxylic acids is 2. The maximum atomic E-state index is 15.6. The van der Waals surface area contributed by atoms with Gasteiger partial charge in [-0.3, -0.25) is 19.4 Å². The Morgan fingerprint density at radius 3 is 2.46 bits per heavy atom. The van der Waals surface area contributed by atoms with Crippen molar-refractivity contribution in [1.29, 1.82) is 0 Å². The summed E-state index contributed by atoms with van der Waals surface area (Å²) in [5.41, 5.74) is 0.237. The summed E-state index contributed by atoms with van der Waals surface area (Å²) in [7, 11) is 5.04. The Labute approximate surface area is 409 Å². The monoisotopic (exact) mass is 950 g/mol. The zero-order chi connectivity index (χ0) is 49.0. The second kappa shape index (κ2) is 17.7. The van der Waals surface area contributed by atoms with E-state index >= 15 is 9.59 Å². The molecule has 12 atom stereocenters. The maximum Gasteiger partial charge on any atom is 0.322 e. The van der Waals surface area contributed by atoms with Crippen molar-refractivity contribution in [2.75, 3.05) is 58.9 Å². The number of ether oxygens (including phenoxy) is 3. The molecule has 6 unspecified atom stereocenters. The van der Waals surface area contributed by atoms with E-state index in [1.54, 1.807) is 7.11 Å². The number of carbonyl (C=O) groups is 2. The molecular formula is C56H79N5O8. The molecule has 1 aromatic heterocycles. The lowest BCUT2D eigenvalue weighted by molar-refractivity contribution is -0.185. The third-order valence-corrected chi connectivity index (χ3v) is 18.5. The van der Waals surface area contributed by atoms with Crippen LogP contribution in [0.2, 0.25) is 0 Å². The van der Waals surface area contributed by atoms with E-state index in [4.69, 9.17) is 14.2 Å². The second-order valence-electron chi connectivity index (χ2n) is 23.4. The van der Waals surface area contributed by atoms with Crippen LogP contribution in [0.4, 0.5) is 5.69 Å². The summed E-state index contributed by atoms with van der Waals surface area (Å²) in [5, 5.41) is 43.4. The summed E-state index contributed by atoms with van der Waals surface area (Å²) in [5.74, 6) is -0.899. The fraction of sp³-hybridized carbons (Fsp3) is 0.679. The van der Waals surface area contributed by atoms with E-state index in [-0.39, 0.29) is 24.0 Å². The molecule has 2 aliphatic carbocycles. The van der Waals surface area contributed by atoms with Crippen molar-refractivity contribution in [2.24, 2.45) is 17.8 Å². The summed E-state index contributed by atoms with van der Waals surface area (Å²) in [6.07, 6.45) is 9.34. The summed E-state index contributed by atoms with van der Waals surface area (Å²) in [6, 6.07) is 10.8. The number of H-pyrrole nitrogens is 1. The lowest BCUT2D eigenvalue weighted by atomic mass is 9.52. The molecule has 1 spiro atoms. The smallest absolute Gasteiger partial charge is 0.322 e. The van der Waals surface area contributed by atoms with Crippen molar-refractivity contribution in [3.05, 3.63) is 70.4 Å². The van der Waals surface area contributed by atoms with E-state index in [0.717, 1.165) is 77.8 Å². The molecule has 5 aliphatic heterocycles. The number of aliphatic hydroxyl groups is 3. The van der Waals surface area contributed by atoms with Gasteiger partial charge in [-0.1, -0.05) is 63.0 Å². The number of hydrogen-bond acceptors (Lipinski definition) is 11. The van der Waals surface area contributed by atoms with Crippen LogP contribution in [0.15, 0.2) is 48.0 Å². The zero-order valence-corrected chi connectivity index (χ0v) is 42.7. The molecule has 4 fully saturated rings. The van der Waals surface area contributed by atoms with Crippen LogP contribution < -0.4 is 15.0 Å². The number of para-hydroxylation sites is 1. The number of methoxy groups -OCH3 is 2. The Morgan fingerprint density at radius 1 is 1.01 bits per heavy atom. The number of esters is 1. The van der Waals surface area contributed by atoms with Crippen LogP contribution in [0.25, 0.3) is 10.9 Å².